The van der Waals surface area contributed by atoms with Crippen LogP contribution in [0.4, 0.5) is 0 Å². The number of rotatable bonds is 1. The van der Waals surface area contributed by atoms with E-state index in [9.17, 15) is 4.79 Å². The highest BCUT2D eigenvalue weighted by molar-refractivity contribution is 7.19. The van der Waals surface area contributed by atoms with Gasteiger partial charge < -0.3 is 0 Å². The van der Waals surface area contributed by atoms with Crippen molar-refractivity contribution in [3.63, 3.8) is 0 Å². The maximum Gasteiger partial charge on any atom is 0.165 e. The van der Waals surface area contributed by atoms with E-state index in [1.54, 1.807) is 0 Å². The Balaban J connectivity index is 1.89. The lowest BCUT2D eigenvalue weighted by Gasteiger charge is -2.31. The molecule has 0 unspecified atom stereocenters. The largest absolute Gasteiger partial charge is 0.294 e. The van der Waals surface area contributed by atoms with Gasteiger partial charge in [-0.15, -0.1) is 11.3 Å². The molecule has 0 radical (unpaired) electrons. The number of aromatic nitrogens is 1. The quantitative estimate of drug-likeness (QED) is 0.539. The van der Waals surface area contributed by atoms with E-state index in [1.165, 1.54) is 33.4 Å². The van der Waals surface area contributed by atoms with Gasteiger partial charge in [0.1, 0.15) is 4.83 Å². The van der Waals surface area contributed by atoms with Crippen LogP contribution in [-0.4, -0.2) is 10.8 Å². The lowest BCUT2D eigenvalue weighted by atomic mass is 9.73. The standard InChI is InChI=1S/C23H23NOS/c1-13-7-9-14(10-8-13)19-20-15-5-4-6-18(15)26-22(20)24-16-11-23(2,3)12-17(25)21(16)19/h7-10H,4-6,11-12H2,1-3H3. The summed E-state index contributed by atoms with van der Waals surface area (Å²) in [5.41, 5.74) is 6.92. The number of carbonyl (C=O) groups excluding carboxylic acids is 1. The van der Waals surface area contributed by atoms with Crippen LogP contribution >= 0.6 is 11.3 Å². The van der Waals surface area contributed by atoms with Crippen molar-refractivity contribution in [3.8, 4) is 11.1 Å². The molecule has 0 fully saturated rings. The van der Waals surface area contributed by atoms with E-state index in [0.717, 1.165) is 40.9 Å². The van der Waals surface area contributed by atoms with Crippen LogP contribution in [0.15, 0.2) is 24.3 Å². The average Bonchev–Trinajstić information content (AvgIpc) is 3.13. The Hall–Kier alpha value is -2.00. The van der Waals surface area contributed by atoms with Crippen LogP contribution in [0.25, 0.3) is 21.3 Å². The lowest BCUT2D eigenvalue weighted by molar-refractivity contribution is 0.0911. The predicted molar refractivity (Wildman–Crippen MR) is 108 cm³/mol. The number of thiophene rings is 1. The summed E-state index contributed by atoms with van der Waals surface area (Å²) < 4.78 is 0. The van der Waals surface area contributed by atoms with Gasteiger partial charge >= 0.3 is 0 Å². The van der Waals surface area contributed by atoms with Crippen molar-refractivity contribution < 1.29 is 4.79 Å². The van der Waals surface area contributed by atoms with Gasteiger partial charge in [-0.3, -0.25) is 4.79 Å². The number of carbonyl (C=O) groups is 1. The van der Waals surface area contributed by atoms with Crippen molar-refractivity contribution in [3.05, 3.63) is 51.5 Å². The van der Waals surface area contributed by atoms with Gasteiger partial charge in [0.2, 0.25) is 0 Å². The molecule has 3 heteroatoms. The molecule has 0 atom stereocenters. The van der Waals surface area contributed by atoms with Crippen LogP contribution < -0.4 is 0 Å². The van der Waals surface area contributed by atoms with Gasteiger partial charge in [0.15, 0.2) is 5.78 Å². The molecule has 2 aromatic heterocycles. The number of hydrogen-bond acceptors (Lipinski definition) is 3. The minimum absolute atomic E-state index is 0.00467. The summed E-state index contributed by atoms with van der Waals surface area (Å²) in [5.74, 6) is 0.263. The van der Waals surface area contributed by atoms with Crippen molar-refractivity contribution >= 4 is 27.3 Å². The van der Waals surface area contributed by atoms with Crippen molar-refractivity contribution in [1.82, 2.24) is 4.98 Å². The smallest absolute Gasteiger partial charge is 0.165 e. The molecule has 2 nitrogen and oxygen atoms in total. The molecule has 2 aliphatic rings. The molecule has 0 amide bonds. The number of ketones is 1. The molecule has 0 aliphatic heterocycles. The Kier molecular flexibility index (Phi) is 3.42. The average molecular weight is 362 g/mol. The highest BCUT2D eigenvalue weighted by Gasteiger charge is 2.36. The van der Waals surface area contributed by atoms with E-state index in [1.807, 2.05) is 11.3 Å². The summed E-state index contributed by atoms with van der Waals surface area (Å²) in [6.45, 7) is 6.47. The number of nitrogens with zero attached hydrogens (tertiary/aromatic N) is 1. The summed E-state index contributed by atoms with van der Waals surface area (Å²) in [4.78, 5) is 20.8. The second-order valence-electron chi connectivity index (χ2n) is 8.65. The summed E-state index contributed by atoms with van der Waals surface area (Å²) >= 11 is 1.85. The minimum atomic E-state index is -0.00467. The maximum absolute atomic E-state index is 13.2. The highest BCUT2D eigenvalue weighted by atomic mass is 32.1. The second kappa shape index (κ2) is 5.50. The normalized spacial score (nSPS) is 18.2. The van der Waals surface area contributed by atoms with E-state index < -0.39 is 0 Å². The molecule has 0 N–H and O–H groups in total. The van der Waals surface area contributed by atoms with E-state index >= 15 is 0 Å². The minimum Gasteiger partial charge on any atom is -0.294 e. The van der Waals surface area contributed by atoms with Gasteiger partial charge in [0.05, 0.1) is 5.69 Å². The number of fused-ring (bicyclic) bond motifs is 4. The van der Waals surface area contributed by atoms with Crippen LogP contribution in [-0.2, 0) is 19.3 Å². The van der Waals surface area contributed by atoms with E-state index in [4.69, 9.17) is 4.98 Å². The van der Waals surface area contributed by atoms with Gasteiger partial charge in [0.25, 0.3) is 0 Å². The molecule has 0 bridgehead atoms. The van der Waals surface area contributed by atoms with Crippen molar-refractivity contribution in [2.24, 2.45) is 5.41 Å². The summed E-state index contributed by atoms with van der Waals surface area (Å²) in [5, 5.41) is 1.26. The van der Waals surface area contributed by atoms with E-state index in [-0.39, 0.29) is 11.2 Å². The Bertz CT molecular complexity index is 1060. The molecule has 2 heterocycles. The monoisotopic (exact) mass is 361 g/mol. The van der Waals surface area contributed by atoms with Crippen LogP contribution in [0.3, 0.4) is 0 Å². The zero-order chi connectivity index (χ0) is 18.1. The molecular weight excluding hydrogens is 338 g/mol. The maximum atomic E-state index is 13.2. The zero-order valence-corrected chi connectivity index (χ0v) is 16.4. The Labute approximate surface area is 158 Å². The van der Waals surface area contributed by atoms with Crippen LogP contribution in [0.2, 0.25) is 0 Å². The lowest BCUT2D eigenvalue weighted by Crippen LogP contribution is -2.28. The number of aryl methyl sites for hydroxylation is 3. The predicted octanol–water partition coefficient (Wildman–Crippen LogP) is 5.92. The molecule has 1 aromatic carbocycles. The Morgan fingerprint density at radius 3 is 2.58 bits per heavy atom. The van der Waals surface area contributed by atoms with E-state index in [0.29, 0.717) is 6.42 Å². The van der Waals surface area contributed by atoms with Gasteiger partial charge in [0, 0.05) is 27.8 Å². The summed E-state index contributed by atoms with van der Waals surface area (Å²) in [6, 6.07) is 8.66. The number of Topliss-reactive ketones (excluding diaryl/α,β-unsaturated/α-hetero) is 1. The van der Waals surface area contributed by atoms with Gasteiger partial charge in [-0.05, 0) is 49.1 Å². The third kappa shape index (κ3) is 2.37. The summed E-state index contributed by atoms with van der Waals surface area (Å²) in [7, 11) is 0. The van der Waals surface area contributed by atoms with Gasteiger partial charge in [-0.25, -0.2) is 4.98 Å². The summed E-state index contributed by atoms with van der Waals surface area (Å²) in [6.07, 6.45) is 4.99. The first-order valence-corrected chi connectivity index (χ1v) is 10.3. The third-order valence-electron chi connectivity index (χ3n) is 5.83. The van der Waals surface area contributed by atoms with Crippen LogP contribution in [0, 0.1) is 12.3 Å². The zero-order valence-electron chi connectivity index (χ0n) is 15.6. The highest BCUT2D eigenvalue weighted by Crippen LogP contribution is 2.47. The van der Waals surface area contributed by atoms with Crippen LogP contribution in [0.5, 0.6) is 0 Å². The Morgan fingerprint density at radius 1 is 1.04 bits per heavy atom. The first-order valence-electron chi connectivity index (χ1n) is 9.50. The fraction of sp³-hybridized carbons (Fsp3) is 0.391. The van der Waals surface area contributed by atoms with Crippen molar-refractivity contribution in [1.29, 1.82) is 0 Å². The third-order valence-corrected chi connectivity index (χ3v) is 7.02. The topological polar surface area (TPSA) is 30.0 Å². The molecular formula is C23H23NOS. The van der Waals surface area contributed by atoms with Crippen molar-refractivity contribution in [2.45, 2.75) is 52.9 Å². The van der Waals surface area contributed by atoms with Gasteiger partial charge in [-0.1, -0.05) is 43.7 Å². The molecule has 0 saturated heterocycles. The molecule has 0 spiro atoms. The van der Waals surface area contributed by atoms with Gasteiger partial charge in [-0.2, -0.15) is 0 Å². The molecule has 2 aliphatic carbocycles. The molecule has 3 aromatic rings. The molecule has 5 rings (SSSR count). The van der Waals surface area contributed by atoms with Crippen molar-refractivity contribution in [2.75, 3.05) is 0 Å². The molecule has 132 valence electrons. The number of pyridine rings is 1. The van der Waals surface area contributed by atoms with E-state index in [2.05, 4.69) is 45.0 Å². The fourth-order valence-corrected chi connectivity index (χ4v) is 5.94. The fourth-order valence-electron chi connectivity index (χ4n) is 4.65. The molecule has 0 saturated carbocycles. The number of benzene rings is 1. The number of hydrogen-bond donors (Lipinski definition) is 0. The first-order chi connectivity index (χ1) is 12.4. The molecule has 26 heavy (non-hydrogen) atoms. The second-order valence-corrected chi connectivity index (χ2v) is 9.74. The first kappa shape index (κ1) is 16.2. The SMILES string of the molecule is Cc1ccc(-c2c3c(nc4sc5c(c24)CCC5)CC(C)(C)CC3=O)cc1. The van der Waals surface area contributed by atoms with Crippen LogP contribution in [0.1, 0.15) is 58.7 Å². The Morgan fingerprint density at radius 2 is 1.81 bits per heavy atom.